The van der Waals surface area contributed by atoms with Crippen molar-refractivity contribution in [2.24, 2.45) is 0 Å². The maximum absolute atomic E-state index is 13.7. The molecule has 9 heteroatoms. The van der Waals surface area contributed by atoms with Crippen LogP contribution in [0.1, 0.15) is 10.6 Å². The largest absolute Gasteiger partial charge is 0.494 e. The third-order valence-electron chi connectivity index (χ3n) is 3.48. The van der Waals surface area contributed by atoms with Gasteiger partial charge in [-0.2, -0.15) is 0 Å². The summed E-state index contributed by atoms with van der Waals surface area (Å²) in [5, 5.41) is 0.673. The van der Waals surface area contributed by atoms with Gasteiger partial charge >= 0.3 is 0 Å². The molecule has 1 N–H and O–H groups in total. The van der Waals surface area contributed by atoms with Crippen molar-refractivity contribution >= 4 is 21.4 Å². The van der Waals surface area contributed by atoms with Crippen molar-refractivity contribution in [2.75, 3.05) is 7.11 Å². The molecule has 0 saturated heterocycles. The summed E-state index contributed by atoms with van der Waals surface area (Å²) < 4.78 is 51.0. The normalized spacial score (nSPS) is 11.6. The van der Waals surface area contributed by atoms with Crippen LogP contribution in [0.25, 0.3) is 10.8 Å². The van der Waals surface area contributed by atoms with Crippen LogP contribution in [-0.2, 0) is 16.6 Å². The molecule has 25 heavy (non-hydrogen) atoms. The summed E-state index contributed by atoms with van der Waals surface area (Å²) in [4.78, 5) is 4.96. The van der Waals surface area contributed by atoms with E-state index in [9.17, 15) is 12.8 Å². The highest BCUT2D eigenvalue weighted by atomic mass is 32.2. The van der Waals surface area contributed by atoms with Crippen LogP contribution in [0.5, 0.6) is 5.75 Å². The second kappa shape index (κ2) is 6.95. The Bertz CT molecular complexity index is 982. The van der Waals surface area contributed by atoms with Crippen molar-refractivity contribution in [3.8, 4) is 16.5 Å². The van der Waals surface area contributed by atoms with Crippen LogP contribution in [0.4, 0.5) is 4.39 Å². The van der Waals surface area contributed by atoms with E-state index in [1.165, 1.54) is 30.6 Å². The van der Waals surface area contributed by atoms with E-state index in [-0.39, 0.29) is 17.2 Å². The van der Waals surface area contributed by atoms with Crippen LogP contribution < -0.4 is 9.46 Å². The van der Waals surface area contributed by atoms with Gasteiger partial charge in [0, 0.05) is 11.4 Å². The lowest BCUT2D eigenvalue weighted by Gasteiger charge is -2.08. The van der Waals surface area contributed by atoms with E-state index in [1.807, 2.05) is 0 Å². The van der Waals surface area contributed by atoms with Gasteiger partial charge < -0.3 is 9.15 Å². The van der Waals surface area contributed by atoms with Crippen LogP contribution in [0.2, 0.25) is 0 Å². The molecule has 0 amide bonds. The maximum atomic E-state index is 13.7. The minimum atomic E-state index is -3.86. The van der Waals surface area contributed by atoms with E-state index in [0.717, 1.165) is 10.9 Å². The number of benzene rings is 1. The zero-order valence-corrected chi connectivity index (χ0v) is 15.1. The Morgan fingerprint density at radius 3 is 2.80 bits per heavy atom. The predicted molar refractivity (Wildman–Crippen MR) is 91.5 cm³/mol. The minimum Gasteiger partial charge on any atom is -0.494 e. The molecule has 0 aliphatic heterocycles. The molecule has 6 nitrogen and oxygen atoms in total. The molecule has 0 bridgehead atoms. The molecule has 2 aromatic heterocycles. The van der Waals surface area contributed by atoms with Gasteiger partial charge in [-0.3, -0.25) is 0 Å². The summed E-state index contributed by atoms with van der Waals surface area (Å²) in [7, 11) is -2.54. The second-order valence-corrected chi connectivity index (χ2v) is 7.98. The third kappa shape index (κ3) is 3.73. The van der Waals surface area contributed by atoms with E-state index in [4.69, 9.17) is 9.15 Å². The molecule has 3 rings (SSSR count). The highest BCUT2D eigenvalue weighted by Gasteiger charge is 2.18. The van der Waals surface area contributed by atoms with E-state index in [2.05, 4.69) is 9.71 Å². The number of aromatic nitrogens is 1. The zero-order chi connectivity index (χ0) is 18.0. The van der Waals surface area contributed by atoms with Crippen LogP contribution in [-0.4, -0.2) is 20.5 Å². The number of nitrogens with one attached hydrogen (secondary N) is 1. The molecular formula is C16H15FN2O4S2. The van der Waals surface area contributed by atoms with Gasteiger partial charge in [0.15, 0.2) is 22.3 Å². The number of methoxy groups -OCH3 is 1. The van der Waals surface area contributed by atoms with Gasteiger partial charge in [-0.25, -0.2) is 22.5 Å². The molecule has 2 heterocycles. The van der Waals surface area contributed by atoms with E-state index in [0.29, 0.717) is 16.5 Å². The summed E-state index contributed by atoms with van der Waals surface area (Å²) in [5.74, 6) is -0.126. The van der Waals surface area contributed by atoms with Gasteiger partial charge in [-0.15, -0.1) is 11.3 Å². The standard InChI is InChI=1S/C16H15FN2O4S2/c1-10-15(24-16(19-10)14-4-3-7-23-14)9-18-25(20,21)11-5-6-13(22-2)12(17)8-11/h3-8,18H,9H2,1-2H3. The van der Waals surface area contributed by atoms with Gasteiger partial charge in [0.2, 0.25) is 10.0 Å². The molecule has 0 saturated carbocycles. The zero-order valence-electron chi connectivity index (χ0n) is 13.4. The molecule has 132 valence electrons. The lowest BCUT2D eigenvalue weighted by molar-refractivity contribution is 0.385. The Labute approximate surface area is 148 Å². The molecule has 0 aliphatic carbocycles. The summed E-state index contributed by atoms with van der Waals surface area (Å²) in [5.41, 5.74) is 0.708. The van der Waals surface area contributed by atoms with Crippen LogP contribution >= 0.6 is 11.3 Å². The number of hydrogen-bond donors (Lipinski definition) is 1. The molecule has 0 atom stereocenters. The number of ether oxygens (including phenoxy) is 1. The van der Waals surface area contributed by atoms with Crippen molar-refractivity contribution in [1.82, 2.24) is 9.71 Å². The highest BCUT2D eigenvalue weighted by molar-refractivity contribution is 7.89. The second-order valence-electron chi connectivity index (χ2n) is 5.13. The fraction of sp³-hybridized carbons (Fsp3) is 0.188. The van der Waals surface area contributed by atoms with Crippen molar-refractivity contribution in [1.29, 1.82) is 0 Å². The van der Waals surface area contributed by atoms with E-state index in [1.54, 1.807) is 25.3 Å². The third-order valence-corrected chi connectivity index (χ3v) is 6.05. The first-order valence-electron chi connectivity index (χ1n) is 7.24. The molecule has 0 spiro atoms. The molecule has 0 fully saturated rings. The first-order chi connectivity index (χ1) is 11.9. The molecule has 1 aromatic carbocycles. The quantitative estimate of drug-likeness (QED) is 0.707. The highest BCUT2D eigenvalue weighted by Crippen LogP contribution is 2.28. The average molecular weight is 382 g/mol. The fourth-order valence-corrected chi connectivity index (χ4v) is 4.22. The predicted octanol–water partition coefficient (Wildman–Crippen LogP) is 3.34. The van der Waals surface area contributed by atoms with Crippen LogP contribution in [0.15, 0.2) is 45.9 Å². The van der Waals surface area contributed by atoms with E-state index < -0.39 is 15.8 Å². The number of aryl methyl sites for hydroxylation is 1. The first kappa shape index (κ1) is 17.6. The summed E-state index contributed by atoms with van der Waals surface area (Å²) in [6.45, 7) is 1.85. The Balaban J connectivity index is 1.77. The molecular weight excluding hydrogens is 367 g/mol. The number of nitrogens with zero attached hydrogens (tertiary/aromatic N) is 1. The maximum Gasteiger partial charge on any atom is 0.241 e. The minimum absolute atomic E-state index is 0.0136. The van der Waals surface area contributed by atoms with Gasteiger partial charge in [-0.1, -0.05) is 0 Å². The smallest absolute Gasteiger partial charge is 0.241 e. The number of thiazole rings is 1. The molecule has 0 unspecified atom stereocenters. The van der Waals surface area contributed by atoms with Crippen molar-refractivity contribution in [2.45, 2.75) is 18.4 Å². The number of hydrogen-bond acceptors (Lipinski definition) is 6. The Kier molecular flexibility index (Phi) is 4.89. The first-order valence-corrected chi connectivity index (χ1v) is 9.54. The van der Waals surface area contributed by atoms with Gasteiger partial charge in [-0.05, 0) is 37.3 Å². The summed E-state index contributed by atoms with van der Waals surface area (Å²) >= 11 is 1.34. The van der Waals surface area contributed by atoms with Gasteiger partial charge in [0.25, 0.3) is 0 Å². The number of furan rings is 1. The monoisotopic (exact) mass is 382 g/mol. The number of sulfonamides is 1. The summed E-state index contributed by atoms with van der Waals surface area (Å²) in [6, 6.07) is 7.03. The van der Waals surface area contributed by atoms with Crippen molar-refractivity contribution < 1.29 is 22.0 Å². The SMILES string of the molecule is COc1ccc(S(=O)(=O)NCc2sc(-c3ccco3)nc2C)cc1F. The molecule has 0 radical (unpaired) electrons. The average Bonchev–Trinajstić information content (AvgIpc) is 3.22. The van der Waals surface area contributed by atoms with Crippen LogP contribution in [0.3, 0.4) is 0 Å². The summed E-state index contributed by atoms with van der Waals surface area (Å²) in [6.07, 6.45) is 1.55. The Hall–Kier alpha value is -2.23. The van der Waals surface area contributed by atoms with Crippen molar-refractivity contribution in [3.63, 3.8) is 0 Å². The Morgan fingerprint density at radius 2 is 2.16 bits per heavy atom. The number of halogens is 1. The topological polar surface area (TPSA) is 81.4 Å². The fourth-order valence-electron chi connectivity index (χ4n) is 2.16. The van der Waals surface area contributed by atoms with Crippen LogP contribution in [0, 0.1) is 12.7 Å². The van der Waals surface area contributed by atoms with E-state index >= 15 is 0 Å². The van der Waals surface area contributed by atoms with Gasteiger partial charge in [0.05, 0.1) is 24.0 Å². The molecule has 0 aliphatic rings. The van der Waals surface area contributed by atoms with Gasteiger partial charge in [0.1, 0.15) is 0 Å². The lowest BCUT2D eigenvalue weighted by Crippen LogP contribution is -2.23. The molecule has 3 aromatic rings. The number of rotatable bonds is 6. The van der Waals surface area contributed by atoms with Crippen molar-refractivity contribution in [3.05, 3.63) is 53.0 Å². The lowest BCUT2D eigenvalue weighted by atomic mass is 10.3. The Morgan fingerprint density at radius 1 is 1.36 bits per heavy atom.